The zero-order valence-electron chi connectivity index (χ0n) is 12.1. The summed E-state index contributed by atoms with van der Waals surface area (Å²) in [5.74, 6) is -0.743. The molecule has 0 aromatic heterocycles. The van der Waals surface area contributed by atoms with Crippen LogP contribution in [0, 0.1) is 12.7 Å². The summed E-state index contributed by atoms with van der Waals surface area (Å²) in [7, 11) is -3.83. The van der Waals surface area contributed by atoms with Crippen molar-refractivity contribution >= 4 is 10.0 Å². The van der Waals surface area contributed by atoms with Gasteiger partial charge in [-0.25, -0.2) is 17.5 Å². The summed E-state index contributed by atoms with van der Waals surface area (Å²) in [6.07, 6.45) is 2.03. The van der Waals surface area contributed by atoms with E-state index in [2.05, 4.69) is 10.0 Å². The van der Waals surface area contributed by atoms with Crippen LogP contribution in [0.3, 0.4) is 0 Å². The third-order valence-electron chi connectivity index (χ3n) is 3.41. The normalized spacial score (nSPS) is 17.0. The molecule has 118 valence electrons. The maximum atomic E-state index is 13.6. The second-order valence-corrected chi connectivity index (χ2v) is 6.89. The fourth-order valence-corrected chi connectivity index (χ4v) is 3.43. The van der Waals surface area contributed by atoms with Crippen molar-refractivity contribution in [1.82, 2.24) is 10.0 Å². The lowest BCUT2D eigenvalue weighted by Gasteiger charge is -2.22. The summed E-state index contributed by atoms with van der Waals surface area (Å²) in [6, 6.07) is 4.02. The molecule has 0 saturated carbocycles. The molecule has 1 aliphatic heterocycles. The molecule has 1 aromatic carbocycles. The number of piperidine rings is 1. The summed E-state index contributed by atoms with van der Waals surface area (Å²) in [6.45, 7) is 3.99. The number of sulfonamides is 1. The van der Waals surface area contributed by atoms with E-state index in [9.17, 15) is 12.8 Å². The molecule has 2 N–H and O–H groups in total. The molecule has 0 unspecified atom stereocenters. The zero-order valence-corrected chi connectivity index (χ0v) is 12.9. The van der Waals surface area contributed by atoms with Crippen LogP contribution in [0.4, 0.5) is 4.39 Å². The van der Waals surface area contributed by atoms with Crippen molar-refractivity contribution in [1.29, 1.82) is 0 Å². The van der Waals surface area contributed by atoms with E-state index in [4.69, 9.17) is 4.74 Å². The molecule has 7 heteroatoms. The molecule has 0 atom stereocenters. The van der Waals surface area contributed by atoms with E-state index >= 15 is 0 Å². The van der Waals surface area contributed by atoms with Gasteiger partial charge in [0.05, 0.1) is 12.7 Å². The van der Waals surface area contributed by atoms with Crippen LogP contribution in [0.2, 0.25) is 0 Å². The molecular weight excluding hydrogens is 295 g/mol. The van der Waals surface area contributed by atoms with E-state index in [1.807, 2.05) is 0 Å². The van der Waals surface area contributed by atoms with E-state index in [1.165, 1.54) is 12.1 Å². The smallest absolute Gasteiger partial charge is 0.243 e. The van der Waals surface area contributed by atoms with Gasteiger partial charge in [0, 0.05) is 6.54 Å². The van der Waals surface area contributed by atoms with Gasteiger partial charge in [-0.15, -0.1) is 0 Å². The molecule has 21 heavy (non-hydrogen) atoms. The van der Waals surface area contributed by atoms with Gasteiger partial charge in [0.25, 0.3) is 0 Å². The average Bonchev–Trinajstić information content (AvgIpc) is 2.47. The lowest BCUT2D eigenvalue weighted by atomic mass is 10.1. The third kappa shape index (κ3) is 4.74. The Balaban J connectivity index is 1.85. The van der Waals surface area contributed by atoms with Crippen molar-refractivity contribution < 1.29 is 17.5 Å². The number of hydrogen-bond donors (Lipinski definition) is 2. The summed E-state index contributed by atoms with van der Waals surface area (Å²) in [5, 5.41) is 3.23. The number of benzene rings is 1. The molecule has 1 aromatic rings. The minimum atomic E-state index is -3.83. The minimum absolute atomic E-state index is 0.139. The maximum absolute atomic E-state index is 13.6. The van der Waals surface area contributed by atoms with Gasteiger partial charge in [-0.2, -0.15) is 0 Å². The fraction of sp³-hybridized carbons (Fsp3) is 0.571. The zero-order chi connectivity index (χ0) is 15.3. The average molecular weight is 316 g/mol. The molecule has 1 fully saturated rings. The Bertz CT molecular complexity index is 572. The number of hydrogen-bond acceptors (Lipinski definition) is 4. The van der Waals surface area contributed by atoms with Crippen LogP contribution in [0.15, 0.2) is 23.1 Å². The van der Waals surface area contributed by atoms with E-state index in [-0.39, 0.29) is 24.2 Å². The number of aryl methyl sites for hydroxylation is 1. The second-order valence-electron chi connectivity index (χ2n) is 5.15. The highest BCUT2D eigenvalue weighted by molar-refractivity contribution is 7.89. The highest BCUT2D eigenvalue weighted by Gasteiger charge is 2.19. The lowest BCUT2D eigenvalue weighted by Crippen LogP contribution is -2.35. The summed E-state index contributed by atoms with van der Waals surface area (Å²) >= 11 is 0. The van der Waals surface area contributed by atoms with Crippen molar-refractivity contribution in [3.8, 4) is 0 Å². The number of rotatable bonds is 6. The van der Waals surface area contributed by atoms with Gasteiger partial charge in [-0.05, 0) is 50.6 Å². The molecule has 0 bridgehead atoms. The van der Waals surface area contributed by atoms with Crippen LogP contribution in [0.25, 0.3) is 0 Å². The van der Waals surface area contributed by atoms with Crippen molar-refractivity contribution in [3.05, 3.63) is 29.6 Å². The molecule has 0 radical (unpaired) electrons. The third-order valence-corrected chi connectivity index (χ3v) is 4.89. The predicted molar refractivity (Wildman–Crippen MR) is 78.2 cm³/mol. The maximum Gasteiger partial charge on any atom is 0.243 e. The summed E-state index contributed by atoms with van der Waals surface area (Å²) in [5.41, 5.74) is 0.697. The molecular formula is C14H21FN2O3S. The first kappa shape index (κ1) is 16.4. The highest BCUT2D eigenvalue weighted by atomic mass is 32.2. The summed E-state index contributed by atoms with van der Waals surface area (Å²) < 4.78 is 45.7. The SMILES string of the molecule is Cc1ccc(F)c(S(=O)(=O)NCCOC2CCNCC2)c1. The van der Waals surface area contributed by atoms with Gasteiger partial charge < -0.3 is 10.1 Å². The van der Waals surface area contributed by atoms with Gasteiger partial charge >= 0.3 is 0 Å². The molecule has 1 heterocycles. The Morgan fingerprint density at radius 3 is 2.81 bits per heavy atom. The van der Waals surface area contributed by atoms with Crippen LogP contribution in [-0.2, 0) is 14.8 Å². The lowest BCUT2D eigenvalue weighted by molar-refractivity contribution is 0.0366. The van der Waals surface area contributed by atoms with Gasteiger partial charge in [-0.3, -0.25) is 0 Å². The second kappa shape index (κ2) is 7.31. The standard InChI is InChI=1S/C14H21FN2O3S/c1-11-2-3-13(15)14(10-11)21(18,19)17-8-9-20-12-4-6-16-7-5-12/h2-3,10,12,16-17H,4-9H2,1H3. The Hall–Kier alpha value is -1.02. The Kier molecular flexibility index (Phi) is 5.69. The van der Waals surface area contributed by atoms with Crippen molar-refractivity contribution in [2.75, 3.05) is 26.2 Å². The van der Waals surface area contributed by atoms with E-state index in [0.717, 1.165) is 32.0 Å². The van der Waals surface area contributed by atoms with Gasteiger partial charge in [0.2, 0.25) is 10.0 Å². The first-order valence-corrected chi connectivity index (χ1v) is 8.55. The molecule has 0 amide bonds. The molecule has 2 rings (SSSR count). The molecule has 0 aliphatic carbocycles. The Morgan fingerprint density at radius 2 is 2.10 bits per heavy atom. The first-order valence-electron chi connectivity index (χ1n) is 7.07. The van der Waals surface area contributed by atoms with Crippen LogP contribution < -0.4 is 10.0 Å². The molecule has 5 nitrogen and oxygen atoms in total. The molecule has 0 spiro atoms. The first-order chi connectivity index (χ1) is 9.99. The topological polar surface area (TPSA) is 67.4 Å². The van der Waals surface area contributed by atoms with Crippen molar-refractivity contribution in [2.24, 2.45) is 0 Å². The van der Waals surface area contributed by atoms with E-state index in [1.54, 1.807) is 6.92 Å². The van der Waals surface area contributed by atoms with Gasteiger partial charge in [-0.1, -0.05) is 6.07 Å². The monoisotopic (exact) mass is 316 g/mol. The number of nitrogens with one attached hydrogen (secondary N) is 2. The highest BCUT2D eigenvalue weighted by Crippen LogP contribution is 2.15. The quantitative estimate of drug-likeness (QED) is 0.774. The number of halogens is 1. The predicted octanol–water partition coefficient (Wildman–Crippen LogP) is 1.18. The van der Waals surface area contributed by atoms with Crippen LogP contribution in [0.5, 0.6) is 0 Å². The Morgan fingerprint density at radius 1 is 1.38 bits per heavy atom. The summed E-state index contributed by atoms with van der Waals surface area (Å²) in [4.78, 5) is -0.315. The largest absolute Gasteiger partial charge is 0.377 e. The van der Waals surface area contributed by atoms with E-state index < -0.39 is 15.8 Å². The fourth-order valence-electron chi connectivity index (χ4n) is 2.26. The van der Waals surface area contributed by atoms with E-state index in [0.29, 0.717) is 5.56 Å². The van der Waals surface area contributed by atoms with Crippen LogP contribution >= 0.6 is 0 Å². The Labute approximate surface area is 124 Å². The van der Waals surface area contributed by atoms with Crippen molar-refractivity contribution in [3.63, 3.8) is 0 Å². The molecule has 1 saturated heterocycles. The van der Waals surface area contributed by atoms with Crippen LogP contribution in [-0.4, -0.2) is 40.8 Å². The molecule has 1 aliphatic rings. The van der Waals surface area contributed by atoms with Crippen LogP contribution in [0.1, 0.15) is 18.4 Å². The van der Waals surface area contributed by atoms with Gasteiger partial charge in [0.15, 0.2) is 0 Å². The van der Waals surface area contributed by atoms with Crippen molar-refractivity contribution in [2.45, 2.75) is 30.8 Å². The minimum Gasteiger partial charge on any atom is -0.377 e. The number of ether oxygens (including phenoxy) is 1. The van der Waals surface area contributed by atoms with Gasteiger partial charge in [0.1, 0.15) is 10.7 Å².